The minimum atomic E-state index is -0.0375. The number of aryl methyl sites for hydroxylation is 2. The molecule has 0 atom stereocenters. The van der Waals surface area contributed by atoms with Crippen molar-refractivity contribution in [3.8, 4) is 11.5 Å². The van der Waals surface area contributed by atoms with E-state index in [-0.39, 0.29) is 5.91 Å². The largest absolute Gasteiger partial charge is 0.486 e. The summed E-state index contributed by atoms with van der Waals surface area (Å²) in [6.07, 6.45) is 0.391. The monoisotopic (exact) mass is 326 g/mol. The van der Waals surface area contributed by atoms with Crippen molar-refractivity contribution < 1.29 is 14.3 Å². The minimum absolute atomic E-state index is 0.0375. The Bertz CT molecular complexity index is 743. The van der Waals surface area contributed by atoms with Gasteiger partial charge in [-0.05, 0) is 43.2 Å². The Morgan fingerprint density at radius 2 is 1.83 bits per heavy atom. The van der Waals surface area contributed by atoms with E-state index in [0.717, 1.165) is 17.1 Å². The molecule has 1 amide bonds. The summed E-state index contributed by atoms with van der Waals surface area (Å²) in [7, 11) is 0. The summed E-state index contributed by atoms with van der Waals surface area (Å²) in [6.45, 7) is 5.78. The van der Waals surface area contributed by atoms with Crippen LogP contribution in [0.15, 0.2) is 36.4 Å². The third kappa shape index (κ3) is 3.98. The average molecular weight is 326 g/mol. The summed E-state index contributed by atoms with van der Waals surface area (Å²) in [5.41, 5.74) is 4.16. The summed E-state index contributed by atoms with van der Waals surface area (Å²) in [4.78, 5) is 12.1. The number of hydrogen-bond acceptors (Lipinski definition) is 4. The van der Waals surface area contributed by atoms with Gasteiger partial charge in [-0.15, -0.1) is 0 Å². The number of amides is 1. The Hall–Kier alpha value is -2.69. The van der Waals surface area contributed by atoms with Crippen LogP contribution < -0.4 is 20.1 Å². The van der Waals surface area contributed by atoms with E-state index in [4.69, 9.17) is 9.47 Å². The van der Waals surface area contributed by atoms with Crippen molar-refractivity contribution in [1.29, 1.82) is 0 Å². The molecule has 0 aliphatic carbocycles. The number of benzene rings is 2. The van der Waals surface area contributed by atoms with E-state index in [2.05, 4.69) is 42.7 Å². The van der Waals surface area contributed by atoms with Gasteiger partial charge in [-0.25, -0.2) is 0 Å². The fourth-order valence-electron chi connectivity index (χ4n) is 2.58. The Morgan fingerprint density at radius 3 is 2.67 bits per heavy atom. The molecule has 0 aromatic heterocycles. The summed E-state index contributed by atoms with van der Waals surface area (Å²) in [5.74, 6) is 1.35. The van der Waals surface area contributed by atoms with Crippen LogP contribution in [-0.2, 0) is 4.79 Å². The highest BCUT2D eigenvalue weighted by molar-refractivity contribution is 5.91. The average Bonchev–Trinajstić information content (AvgIpc) is 2.58. The number of ether oxygens (including phenoxy) is 2. The van der Waals surface area contributed by atoms with E-state index in [1.807, 2.05) is 12.1 Å². The van der Waals surface area contributed by atoms with Crippen LogP contribution in [0.3, 0.4) is 0 Å². The second kappa shape index (κ2) is 7.25. The molecule has 2 aromatic rings. The molecule has 0 bridgehead atoms. The highest BCUT2D eigenvalue weighted by Crippen LogP contribution is 2.32. The van der Waals surface area contributed by atoms with Crippen LogP contribution in [-0.4, -0.2) is 25.7 Å². The molecule has 0 spiro atoms. The molecule has 0 unspecified atom stereocenters. The van der Waals surface area contributed by atoms with E-state index in [1.165, 1.54) is 11.1 Å². The zero-order chi connectivity index (χ0) is 16.9. The third-order valence-corrected chi connectivity index (χ3v) is 3.89. The van der Waals surface area contributed by atoms with Crippen molar-refractivity contribution >= 4 is 17.3 Å². The van der Waals surface area contributed by atoms with Gasteiger partial charge in [0.15, 0.2) is 11.5 Å². The first-order chi connectivity index (χ1) is 11.6. The molecule has 126 valence electrons. The molecule has 1 aliphatic heterocycles. The second-order valence-corrected chi connectivity index (χ2v) is 5.90. The number of carbonyl (C=O) groups is 1. The topological polar surface area (TPSA) is 59.6 Å². The zero-order valence-corrected chi connectivity index (χ0v) is 14.0. The van der Waals surface area contributed by atoms with Crippen LogP contribution in [0.2, 0.25) is 0 Å². The van der Waals surface area contributed by atoms with Crippen LogP contribution >= 0.6 is 0 Å². The Morgan fingerprint density at radius 1 is 1.04 bits per heavy atom. The van der Waals surface area contributed by atoms with Gasteiger partial charge in [0.25, 0.3) is 0 Å². The number of nitrogens with one attached hydrogen (secondary N) is 2. The van der Waals surface area contributed by atoms with Gasteiger partial charge in [-0.1, -0.05) is 12.1 Å². The molecular weight excluding hydrogens is 304 g/mol. The molecule has 1 aliphatic rings. The van der Waals surface area contributed by atoms with Gasteiger partial charge in [0.05, 0.1) is 0 Å². The third-order valence-electron chi connectivity index (χ3n) is 3.89. The molecule has 0 radical (unpaired) electrons. The molecule has 5 heteroatoms. The van der Waals surface area contributed by atoms with Crippen LogP contribution in [0.4, 0.5) is 11.4 Å². The van der Waals surface area contributed by atoms with Gasteiger partial charge in [0, 0.05) is 30.4 Å². The summed E-state index contributed by atoms with van der Waals surface area (Å²) in [5, 5.41) is 6.20. The van der Waals surface area contributed by atoms with E-state index in [9.17, 15) is 4.79 Å². The zero-order valence-electron chi connectivity index (χ0n) is 14.0. The first kappa shape index (κ1) is 16.2. The number of anilines is 2. The molecule has 2 N–H and O–H groups in total. The second-order valence-electron chi connectivity index (χ2n) is 5.90. The Kier molecular flexibility index (Phi) is 4.89. The predicted octanol–water partition coefficient (Wildman–Crippen LogP) is 3.52. The normalized spacial score (nSPS) is 12.6. The molecular formula is C19H22N2O3. The van der Waals surface area contributed by atoms with Crippen LogP contribution in [0.25, 0.3) is 0 Å². The predicted molar refractivity (Wildman–Crippen MR) is 95.1 cm³/mol. The van der Waals surface area contributed by atoms with Crippen molar-refractivity contribution in [2.75, 3.05) is 30.4 Å². The van der Waals surface area contributed by atoms with E-state index in [1.54, 1.807) is 6.07 Å². The minimum Gasteiger partial charge on any atom is -0.486 e. The van der Waals surface area contributed by atoms with Crippen molar-refractivity contribution in [2.45, 2.75) is 20.3 Å². The highest BCUT2D eigenvalue weighted by Gasteiger charge is 2.12. The highest BCUT2D eigenvalue weighted by atomic mass is 16.6. The molecule has 3 rings (SSSR count). The molecule has 1 heterocycles. The van der Waals surface area contributed by atoms with Gasteiger partial charge < -0.3 is 20.1 Å². The van der Waals surface area contributed by atoms with Crippen molar-refractivity contribution in [3.63, 3.8) is 0 Å². The van der Waals surface area contributed by atoms with Crippen molar-refractivity contribution in [1.82, 2.24) is 0 Å². The lowest BCUT2D eigenvalue weighted by Crippen LogP contribution is -2.18. The number of hydrogen-bond donors (Lipinski definition) is 2. The van der Waals surface area contributed by atoms with Gasteiger partial charge >= 0.3 is 0 Å². The standard InChI is InChI=1S/C19H22N2O3/c1-13-3-4-14(2)16(11-13)20-8-7-19(22)21-15-5-6-17-18(12-15)24-10-9-23-17/h3-6,11-12,20H,7-10H2,1-2H3,(H,21,22). The first-order valence-corrected chi connectivity index (χ1v) is 8.12. The Labute approximate surface area is 142 Å². The van der Waals surface area contributed by atoms with Gasteiger partial charge in [0.1, 0.15) is 13.2 Å². The maximum atomic E-state index is 12.1. The van der Waals surface area contributed by atoms with Gasteiger partial charge in [0.2, 0.25) is 5.91 Å². The molecule has 0 fully saturated rings. The summed E-state index contributed by atoms with van der Waals surface area (Å²) in [6, 6.07) is 11.7. The number of carbonyl (C=O) groups excluding carboxylic acids is 1. The lowest BCUT2D eigenvalue weighted by Gasteiger charge is -2.19. The molecule has 0 saturated carbocycles. The van der Waals surface area contributed by atoms with E-state index >= 15 is 0 Å². The van der Waals surface area contributed by atoms with Crippen LogP contribution in [0.5, 0.6) is 11.5 Å². The summed E-state index contributed by atoms with van der Waals surface area (Å²) >= 11 is 0. The lowest BCUT2D eigenvalue weighted by molar-refractivity contribution is -0.115. The smallest absolute Gasteiger partial charge is 0.226 e. The first-order valence-electron chi connectivity index (χ1n) is 8.12. The van der Waals surface area contributed by atoms with Crippen LogP contribution in [0, 0.1) is 13.8 Å². The van der Waals surface area contributed by atoms with Gasteiger partial charge in [-0.2, -0.15) is 0 Å². The van der Waals surface area contributed by atoms with Gasteiger partial charge in [-0.3, -0.25) is 4.79 Å². The summed E-state index contributed by atoms with van der Waals surface area (Å²) < 4.78 is 11.0. The van der Waals surface area contributed by atoms with E-state index in [0.29, 0.717) is 31.9 Å². The SMILES string of the molecule is Cc1ccc(C)c(NCCC(=O)Nc2ccc3c(c2)OCCO3)c1. The lowest BCUT2D eigenvalue weighted by atomic mass is 10.1. The Balaban J connectivity index is 1.51. The molecule has 5 nitrogen and oxygen atoms in total. The quantitative estimate of drug-likeness (QED) is 0.883. The number of fused-ring (bicyclic) bond motifs is 1. The van der Waals surface area contributed by atoms with E-state index < -0.39 is 0 Å². The number of rotatable bonds is 5. The van der Waals surface area contributed by atoms with Crippen molar-refractivity contribution in [2.24, 2.45) is 0 Å². The molecule has 0 saturated heterocycles. The fraction of sp³-hybridized carbons (Fsp3) is 0.316. The van der Waals surface area contributed by atoms with Crippen LogP contribution in [0.1, 0.15) is 17.5 Å². The maximum Gasteiger partial charge on any atom is 0.226 e. The maximum absolute atomic E-state index is 12.1. The fourth-order valence-corrected chi connectivity index (χ4v) is 2.58. The molecule has 24 heavy (non-hydrogen) atoms. The van der Waals surface area contributed by atoms with Crippen molar-refractivity contribution in [3.05, 3.63) is 47.5 Å². The molecule has 2 aromatic carbocycles.